The van der Waals surface area contributed by atoms with Gasteiger partial charge < -0.3 is 15.1 Å². The van der Waals surface area contributed by atoms with E-state index in [0.29, 0.717) is 24.1 Å². The molecule has 31 heavy (non-hydrogen) atoms. The Morgan fingerprint density at radius 1 is 1.19 bits per heavy atom. The second-order valence-electron chi connectivity index (χ2n) is 7.91. The lowest BCUT2D eigenvalue weighted by atomic mass is 9.92. The second-order valence-corrected chi connectivity index (χ2v) is 7.91. The van der Waals surface area contributed by atoms with Crippen LogP contribution in [0.3, 0.4) is 0 Å². The van der Waals surface area contributed by atoms with E-state index in [-0.39, 0.29) is 37.0 Å². The minimum Gasteiger partial charge on any atom is -0.324 e. The summed E-state index contributed by atoms with van der Waals surface area (Å²) in [5, 5.41) is 2.64. The molecule has 1 aliphatic carbocycles. The number of urea groups is 1. The molecule has 0 spiro atoms. The molecule has 1 saturated carbocycles. The third-order valence-corrected chi connectivity index (χ3v) is 5.74. The van der Waals surface area contributed by atoms with E-state index in [2.05, 4.69) is 5.32 Å². The zero-order valence-electron chi connectivity index (χ0n) is 17.1. The smallest absolute Gasteiger partial charge is 0.321 e. The Kier molecular flexibility index (Phi) is 5.54. The third-order valence-electron chi connectivity index (χ3n) is 5.74. The summed E-state index contributed by atoms with van der Waals surface area (Å²) in [5.41, 5.74) is 2.44. The number of carbonyl (C=O) groups is 4. The molecule has 2 aliphatic rings. The molecular weight excluding hydrogens is 401 g/mol. The summed E-state index contributed by atoms with van der Waals surface area (Å²) in [6.07, 6.45) is 0.524. The maximum Gasteiger partial charge on any atom is 0.321 e. The Bertz CT molecular complexity index is 1080. The van der Waals surface area contributed by atoms with Crippen LogP contribution in [0.1, 0.15) is 40.7 Å². The van der Waals surface area contributed by atoms with Crippen LogP contribution < -0.4 is 5.32 Å². The molecule has 0 radical (unpaired) electrons. The Hall–Kier alpha value is -3.55. The molecule has 1 fully saturated rings. The van der Waals surface area contributed by atoms with Crippen LogP contribution in [-0.2, 0) is 22.7 Å². The standard InChI is InChI=1S/C23H22FN3O4/c1-26(23(31)25-16-6-3-5-15(24)10-16)12-14-4-2-7-18-19(14)13-27(22(18)30)20-9-8-17(28)11-21(20)29/h2-7,10,20H,8-9,11-13H2,1H3,(H,25,31). The van der Waals surface area contributed by atoms with Crippen molar-refractivity contribution in [1.29, 1.82) is 0 Å². The van der Waals surface area contributed by atoms with Crippen molar-refractivity contribution < 1.29 is 23.6 Å². The second kappa shape index (κ2) is 8.29. The highest BCUT2D eigenvalue weighted by Gasteiger charge is 2.39. The van der Waals surface area contributed by atoms with Crippen molar-refractivity contribution in [2.24, 2.45) is 0 Å². The van der Waals surface area contributed by atoms with Crippen LogP contribution in [0.4, 0.5) is 14.9 Å². The molecule has 160 valence electrons. The van der Waals surface area contributed by atoms with Crippen molar-refractivity contribution in [2.45, 2.75) is 38.4 Å². The minimum atomic E-state index is -0.584. The number of ketones is 2. The van der Waals surface area contributed by atoms with E-state index in [9.17, 15) is 23.6 Å². The first-order chi connectivity index (χ1) is 14.8. The van der Waals surface area contributed by atoms with Gasteiger partial charge >= 0.3 is 6.03 Å². The molecule has 0 aromatic heterocycles. The molecule has 1 heterocycles. The lowest BCUT2D eigenvalue weighted by Crippen LogP contribution is -2.44. The SMILES string of the molecule is CN(Cc1cccc2c1CN(C1CCC(=O)CC1=O)C2=O)C(=O)Nc1cccc(F)c1. The summed E-state index contributed by atoms with van der Waals surface area (Å²) in [5.74, 6) is -0.974. The lowest BCUT2D eigenvalue weighted by Gasteiger charge is -2.29. The molecule has 3 amide bonds. The number of rotatable bonds is 4. The van der Waals surface area contributed by atoms with Crippen LogP contribution in [0, 0.1) is 5.82 Å². The molecule has 2 aromatic rings. The van der Waals surface area contributed by atoms with Crippen LogP contribution in [0.2, 0.25) is 0 Å². The summed E-state index contributed by atoms with van der Waals surface area (Å²) < 4.78 is 13.3. The van der Waals surface area contributed by atoms with E-state index in [1.807, 2.05) is 6.07 Å². The van der Waals surface area contributed by atoms with E-state index in [1.54, 1.807) is 25.2 Å². The predicted molar refractivity (Wildman–Crippen MR) is 111 cm³/mol. The number of nitrogens with zero attached hydrogens (tertiary/aromatic N) is 2. The topological polar surface area (TPSA) is 86.8 Å². The molecule has 1 unspecified atom stereocenters. The van der Waals surface area contributed by atoms with Crippen molar-refractivity contribution >= 4 is 29.2 Å². The van der Waals surface area contributed by atoms with Gasteiger partial charge in [-0.2, -0.15) is 0 Å². The number of benzene rings is 2. The fourth-order valence-electron chi connectivity index (χ4n) is 4.12. The van der Waals surface area contributed by atoms with Gasteiger partial charge in [0.25, 0.3) is 5.91 Å². The van der Waals surface area contributed by atoms with E-state index in [0.717, 1.165) is 11.1 Å². The van der Waals surface area contributed by atoms with E-state index >= 15 is 0 Å². The van der Waals surface area contributed by atoms with Crippen molar-refractivity contribution in [1.82, 2.24) is 9.80 Å². The summed E-state index contributed by atoms with van der Waals surface area (Å²) in [4.78, 5) is 52.3. The number of Topliss-reactive ketones (excluding diaryl/α,β-unsaturated/α-hetero) is 2. The lowest BCUT2D eigenvalue weighted by molar-refractivity contribution is -0.133. The zero-order chi connectivity index (χ0) is 22.1. The molecule has 8 heteroatoms. The normalized spacial score (nSPS) is 18.2. The van der Waals surface area contributed by atoms with Crippen molar-refractivity contribution in [3.05, 3.63) is 65.0 Å². The van der Waals surface area contributed by atoms with Crippen LogP contribution in [-0.4, -0.2) is 46.4 Å². The maximum atomic E-state index is 13.3. The summed E-state index contributed by atoms with van der Waals surface area (Å²) >= 11 is 0. The minimum absolute atomic E-state index is 0.0861. The highest BCUT2D eigenvalue weighted by atomic mass is 19.1. The number of nitrogens with one attached hydrogen (secondary N) is 1. The Balaban J connectivity index is 1.49. The van der Waals surface area contributed by atoms with Crippen LogP contribution >= 0.6 is 0 Å². The number of hydrogen-bond acceptors (Lipinski definition) is 4. The number of amides is 3. The van der Waals surface area contributed by atoms with E-state index in [4.69, 9.17) is 0 Å². The third kappa shape index (κ3) is 4.19. The molecule has 4 rings (SSSR count). The summed E-state index contributed by atoms with van der Waals surface area (Å²) in [6, 6.07) is 9.94. The first kappa shape index (κ1) is 20.7. The number of anilines is 1. The van der Waals surface area contributed by atoms with Crippen LogP contribution in [0.15, 0.2) is 42.5 Å². The van der Waals surface area contributed by atoms with Gasteiger partial charge in [0.15, 0.2) is 5.78 Å². The van der Waals surface area contributed by atoms with Gasteiger partial charge in [0.2, 0.25) is 0 Å². The first-order valence-electron chi connectivity index (χ1n) is 10.1. The molecule has 0 saturated heterocycles. The van der Waals surface area contributed by atoms with Gasteiger partial charge in [-0.3, -0.25) is 14.4 Å². The van der Waals surface area contributed by atoms with Gasteiger partial charge in [0, 0.05) is 37.8 Å². The van der Waals surface area contributed by atoms with E-state index in [1.165, 1.54) is 28.0 Å². The average molecular weight is 423 g/mol. The molecular formula is C23H22FN3O4. The summed E-state index contributed by atoms with van der Waals surface area (Å²) in [6.45, 7) is 0.511. The largest absolute Gasteiger partial charge is 0.324 e. The first-order valence-corrected chi connectivity index (χ1v) is 10.1. The Morgan fingerprint density at radius 2 is 1.97 bits per heavy atom. The molecule has 0 bridgehead atoms. The summed E-state index contributed by atoms with van der Waals surface area (Å²) in [7, 11) is 1.61. The van der Waals surface area contributed by atoms with E-state index < -0.39 is 17.9 Å². The number of fused-ring (bicyclic) bond motifs is 1. The predicted octanol–water partition coefficient (Wildman–Crippen LogP) is 3.14. The van der Waals surface area contributed by atoms with Crippen molar-refractivity contribution in [2.75, 3.05) is 12.4 Å². The van der Waals surface area contributed by atoms with Gasteiger partial charge in [-0.05, 0) is 41.8 Å². The number of halogens is 1. The zero-order valence-corrected chi connectivity index (χ0v) is 17.1. The van der Waals surface area contributed by atoms with Crippen LogP contribution in [0.5, 0.6) is 0 Å². The molecule has 1 aliphatic heterocycles. The van der Waals surface area contributed by atoms with Crippen LogP contribution in [0.25, 0.3) is 0 Å². The molecule has 7 nitrogen and oxygen atoms in total. The fraction of sp³-hybridized carbons (Fsp3) is 0.304. The number of carbonyl (C=O) groups excluding carboxylic acids is 4. The Morgan fingerprint density at radius 3 is 2.71 bits per heavy atom. The van der Waals surface area contributed by atoms with Gasteiger partial charge in [0.05, 0.1) is 12.5 Å². The Labute approximate surface area is 178 Å². The van der Waals surface area contributed by atoms with Gasteiger partial charge in [0.1, 0.15) is 11.6 Å². The fourth-order valence-corrected chi connectivity index (χ4v) is 4.12. The van der Waals surface area contributed by atoms with Gasteiger partial charge in [-0.15, -0.1) is 0 Å². The van der Waals surface area contributed by atoms with Gasteiger partial charge in [-0.1, -0.05) is 18.2 Å². The molecule has 1 N–H and O–H groups in total. The monoisotopic (exact) mass is 423 g/mol. The highest BCUT2D eigenvalue weighted by molar-refractivity contribution is 6.07. The average Bonchev–Trinajstić information content (AvgIpc) is 3.05. The van der Waals surface area contributed by atoms with Crippen molar-refractivity contribution in [3.8, 4) is 0 Å². The highest BCUT2D eigenvalue weighted by Crippen LogP contribution is 2.31. The quantitative estimate of drug-likeness (QED) is 0.766. The van der Waals surface area contributed by atoms with Gasteiger partial charge in [-0.25, -0.2) is 9.18 Å². The molecule has 1 atom stereocenters. The maximum absolute atomic E-state index is 13.3. The molecule has 2 aromatic carbocycles. The number of hydrogen-bond donors (Lipinski definition) is 1. The van der Waals surface area contributed by atoms with Crippen molar-refractivity contribution in [3.63, 3.8) is 0 Å².